The Hall–Kier alpha value is 0. The van der Waals surface area contributed by atoms with Gasteiger partial charge in [-0.1, -0.05) is 33.1 Å². The molecule has 0 aliphatic heterocycles. The van der Waals surface area contributed by atoms with Crippen LogP contribution < -0.4 is 0 Å². The molecule has 0 radical (unpaired) electrons. The van der Waals surface area contributed by atoms with Gasteiger partial charge in [-0.15, -0.1) is 0 Å². The lowest BCUT2D eigenvalue weighted by atomic mass is 9.62. The molecule has 6 unspecified atom stereocenters. The number of hydrogen-bond acceptors (Lipinski definition) is 0. The predicted octanol–water partition coefficient (Wildman–Crippen LogP) is 4.49. The Morgan fingerprint density at radius 1 is 0.733 bits per heavy atom. The molecule has 0 bridgehead atoms. The third kappa shape index (κ3) is 1.56. The number of hydrogen-bond donors (Lipinski definition) is 0. The third-order valence-corrected chi connectivity index (χ3v) is 6.16. The summed E-state index contributed by atoms with van der Waals surface area (Å²) in [4.78, 5) is 0. The highest BCUT2D eigenvalue weighted by Crippen LogP contribution is 2.56. The van der Waals surface area contributed by atoms with E-state index >= 15 is 0 Å². The van der Waals surface area contributed by atoms with Crippen LogP contribution in [0.1, 0.15) is 58.8 Å². The fourth-order valence-electron chi connectivity index (χ4n) is 5.16. The molecule has 0 nitrogen and oxygen atoms in total. The summed E-state index contributed by atoms with van der Waals surface area (Å²) in [7, 11) is 0. The van der Waals surface area contributed by atoms with Gasteiger partial charge in [-0.25, -0.2) is 0 Å². The Balaban J connectivity index is 1.79. The van der Waals surface area contributed by atoms with Crippen LogP contribution in [0.25, 0.3) is 0 Å². The van der Waals surface area contributed by atoms with E-state index < -0.39 is 0 Å². The Kier molecular flexibility index (Phi) is 2.57. The van der Waals surface area contributed by atoms with Gasteiger partial charge in [-0.2, -0.15) is 0 Å². The van der Waals surface area contributed by atoms with E-state index in [1.54, 1.807) is 32.1 Å². The second kappa shape index (κ2) is 3.79. The summed E-state index contributed by atoms with van der Waals surface area (Å²) in [5.41, 5.74) is 0. The van der Waals surface area contributed by atoms with Crippen LogP contribution in [-0.4, -0.2) is 0 Å². The van der Waals surface area contributed by atoms with Gasteiger partial charge in [0.1, 0.15) is 0 Å². The maximum absolute atomic E-state index is 2.53. The van der Waals surface area contributed by atoms with Crippen molar-refractivity contribution in [3.63, 3.8) is 0 Å². The van der Waals surface area contributed by atoms with Crippen molar-refractivity contribution in [3.05, 3.63) is 0 Å². The van der Waals surface area contributed by atoms with Gasteiger partial charge < -0.3 is 0 Å². The summed E-state index contributed by atoms with van der Waals surface area (Å²) >= 11 is 0. The SMILES string of the molecule is CC1CC2C3CCCCC3CCC2C1C. The second-order valence-electron chi connectivity index (χ2n) is 6.69. The van der Waals surface area contributed by atoms with Crippen LogP contribution in [0.3, 0.4) is 0 Å². The van der Waals surface area contributed by atoms with Crippen LogP contribution in [-0.2, 0) is 0 Å². The summed E-state index contributed by atoms with van der Waals surface area (Å²) in [6.07, 6.45) is 10.9. The minimum absolute atomic E-state index is 1.01. The maximum Gasteiger partial charge on any atom is -0.0349 e. The minimum Gasteiger partial charge on any atom is -0.0622 e. The van der Waals surface area contributed by atoms with Gasteiger partial charge in [-0.05, 0) is 61.2 Å². The van der Waals surface area contributed by atoms with E-state index in [9.17, 15) is 0 Å². The maximum atomic E-state index is 2.53. The average Bonchev–Trinajstić information content (AvgIpc) is 2.56. The molecule has 0 heterocycles. The van der Waals surface area contributed by atoms with E-state index in [0.717, 1.165) is 35.5 Å². The van der Waals surface area contributed by atoms with Crippen molar-refractivity contribution >= 4 is 0 Å². The van der Waals surface area contributed by atoms with Crippen molar-refractivity contribution in [3.8, 4) is 0 Å². The fraction of sp³-hybridized carbons (Fsp3) is 1.00. The lowest BCUT2D eigenvalue weighted by molar-refractivity contribution is 0.0614. The van der Waals surface area contributed by atoms with Crippen molar-refractivity contribution in [2.45, 2.75) is 58.8 Å². The Labute approximate surface area is 94.8 Å². The van der Waals surface area contributed by atoms with Crippen LogP contribution in [0.2, 0.25) is 0 Å². The monoisotopic (exact) mass is 206 g/mol. The van der Waals surface area contributed by atoms with Crippen molar-refractivity contribution < 1.29 is 0 Å². The van der Waals surface area contributed by atoms with Crippen molar-refractivity contribution in [1.29, 1.82) is 0 Å². The summed E-state index contributed by atoms with van der Waals surface area (Å²) < 4.78 is 0. The molecule has 6 atom stereocenters. The molecule has 3 aliphatic rings. The van der Waals surface area contributed by atoms with Crippen molar-refractivity contribution in [1.82, 2.24) is 0 Å². The molecule has 3 rings (SSSR count). The molecule has 86 valence electrons. The normalized spacial score (nSPS) is 54.8. The van der Waals surface area contributed by atoms with Gasteiger partial charge in [0.05, 0.1) is 0 Å². The van der Waals surface area contributed by atoms with E-state index in [2.05, 4.69) is 13.8 Å². The van der Waals surface area contributed by atoms with Crippen LogP contribution >= 0.6 is 0 Å². The number of rotatable bonds is 0. The lowest BCUT2D eigenvalue weighted by Gasteiger charge is -2.44. The van der Waals surface area contributed by atoms with Crippen LogP contribution in [0.15, 0.2) is 0 Å². The van der Waals surface area contributed by atoms with Crippen molar-refractivity contribution in [2.24, 2.45) is 35.5 Å². The zero-order valence-electron chi connectivity index (χ0n) is 10.4. The van der Waals surface area contributed by atoms with E-state index in [1.165, 1.54) is 12.8 Å². The summed E-state index contributed by atoms with van der Waals surface area (Å²) in [5, 5.41) is 0. The molecule has 0 aromatic heterocycles. The Morgan fingerprint density at radius 2 is 1.53 bits per heavy atom. The highest BCUT2D eigenvalue weighted by Gasteiger charge is 2.47. The summed E-state index contributed by atoms with van der Waals surface area (Å²) in [6.45, 7) is 5.03. The first-order valence-corrected chi connectivity index (χ1v) is 7.27. The van der Waals surface area contributed by atoms with Gasteiger partial charge in [0.15, 0.2) is 0 Å². The molecule has 15 heavy (non-hydrogen) atoms. The van der Waals surface area contributed by atoms with Gasteiger partial charge in [-0.3, -0.25) is 0 Å². The molecule has 0 amide bonds. The first-order valence-electron chi connectivity index (χ1n) is 7.27. The summed E-state index contributed by atoms with van der Waals surface area (Å²) in [5.74, 6) is 6.56. The molecule has 0 aromatic carbocycles. The average molecular weight is 206 g/mol. The van der Waals surface area contributed by atoms with E-state index in [0.29, 0.717) is 0 Å². The largest absolute Gasteiger partial charge is 0.0622 e. The van der Waals surface area contributed by atoms with Gasteiger partial charge in [0, 0.05) is 0 Å². The Bertz CT molecular complexity index is 232. The molecule has 0 aromatic rings. The van der Waals surface area contributed by atoms with Crippen LogP contribution in [0.5, 0.6) is 0 Å². The predicted molar refractivity (Wildman–Crippen MR) is 64.6 cm³/mol. The van der Waals surface area contributed by atoms with Crippen LogP contribution in [0, 0.1) is 35.5 Å². The van der Waals surface area contributed by atoms with Gasteiger partial charge in [0.2, 0.25) is 0 Å². The quantitative estimate of drug-likeness (QED) is 0.547. The van der Waals surface area contributed by atoms with Crippen LogP contribution in [0.4, 0.5) is 0 Å². The lowest BCUT2D eigenvalue weighted by Crippen LogP contribution is -2.35. The molecule has 0 heteroatoms. The van der Waals surface area contributed by atoms with E-state index in [1.807, 2.05) is 0 Å². The molecule has 0 saturated heterocycles. The zero-order chi connectivity index (χ0) is 10.4. The first-order chi connectivity index (χ1) is 7.27. The zero-order valence-corrected chi connectivity index (χ0v) is 10.4. The molecular formula is C15H26. The molecule has 0 N–H and O–H groups in total. The molecule has 3 saturated carbocycles. The molecule has 3 fully saturated rings. The van der Waals surface area contributed by atoms with E-state index in [4.69, 9.17) is 0 Å². The number of fused-ring (bicyclic) bond motifs is 3. The highest BCUT2D eigenvalue weighted by atomic mass is 14.5. The minimum atomic E-state index is 1.01. The molecule has 3 aliphatic carbocycles. The topological polar surface area (TPSA) is 0 Å². The third-order valence-electron chi connectivity index (χ3n) is 6.16. The highest BCUT2D eigenvalue weighted by molar-refractivity contribution is 4.96. The van der Waals surface area contributed by atoms with Gasteiger partial charge >= 0.3 is 0 Å². The van der Waals surface area contributed by atoms with E-state index in [-0.39, 0.29) is 0 Å². The summed E-state index contributed by atoms with van der Waals surface area (Å²) in [6, 6.07) is 0. The van der Waals surface area contributed by atoms with Crippen molar-refractivity contribution in [2.75, 3.05) is 0 Å². The van der Waals surface area contributed by atoms with Gasteiger partial charge in [0.25, 0.3) is 0 Å². The first kappa shape index (κ1) is 10.2. The smallest absolute Gasteiger partial charge is 0.0349 e. The standard InChI is InChI=1S/C15H26/c1-10-9-15-13(11(10)2)8-7-12-5-3-4-6-14(12)15/h10-15H,3-9H2,1-2H3. The fourth-order valence-corrected chi connectivity index (χ4v) is 5.16. The molecular weight excluding hydrogens is 180 g/mol. The second-order valence-corrected chi connectivity index (χ2v) is 6.69. The Morgan fingerprint density at radius 3 is 2.40 bits per heavy atom. The molecule has 0 spiro atoms.